The van der Waals surface area contributed by atoms with Gasteiger partial charge in [0.2, 0.25) is 0 Å². The van der Waals surface area contributed by atoms with Crippen molar-refractivity contribution in [3.8, 4) is 5.75 Å². The molecule has 1 aromatic carbocycles. The van der Waals surface area contributed by atoms with E-state index in [4.69, 9.17) is 4.74 Å². The predicted octanol–water partition coefficient (Wildman–Crippen LogP) is 0.982. The van der Waals surface area contributed by atoms with Gasteiger partial charge in [-0.2, -0.15) is 4.31 Å². The van der Waals surface area contributed by atoms with Crippen LogP contribution in [-0.2, 0) is 14.8 Å². The summed E-state index contributed by atoms with van der Waals surface area (Å²) in [7, 11) is -1.86. The SMILES string of the molecule is COc1ccc(C)cc1NC(=O)[C@@H](C)[NH+]1CCN(S(=O)(=O)c2cccs2)CC1. The maximum absolute atomic E-state index is 12.7. The van der Waals surface area contributed by atoms with Gasteiger partial charge in [-0.05, 0) is 43.0 Å². The first kappa shape index (κ1) is 20.8. The van der Waals surface area contributed by atoms with E-state index >= 15 is 0 Å². The summed E-state index contributed by atoms with van der Waals surface area (Å²) in [5, 5.41) is 4.71. The van der Waals surface area contributed by atoms with Gasteiger partial charge in [-0.1, -0.05) is 12.1 Å². The molecule has 1 atom stereocenters. The van der Waals surface area contributed by atoms with Crippen molar-refractivity contribution in [1.29, 1.82) is 0 Å². The van der Waals surface area contributed by atoms with Gasteiger partial charge in [-0.25, -0.2) is 8.42 Å². The largest absolute Gasteiger partial charge is 0.495 e. The lowest BCUT2D eigenvalue weighted by Crippen LogP contribution is -3.19. The van der Waals surface area contributed by atoms with Crippen LogP contribution in [0.15, 0.2) is 39.9 Å². The van der Waals surface area contributed by atoms with Gasteiger partial charge in [0, 0.05) is 0 Å². The van der Waals surface area contributed by atoms with Gasteiger partial charge in [0.05, 0.1) is 39.0 Å². The van der Waals surface area contributed by atoms with Gasteiger partial charge < -0.3 is 15.0 Å². The first-order chi connectivity index (χ1) is 13.3. The van der Waals surface area contributed by atoms with Crippen molar-refractivity contribution in [3.63, 3.8) is 0 Å². The van der Waals surface area contributed by atoms with E-state index < -0.39 is 10.0 Å². The lowest BCUT2D eigenvalue weighted by atomic mass is 10.2. The molecule has 9 heteroatoms. The Hall–Kier alpha value is -1.94. The third kappa shape index (κ3) is 4.38. The molecular weight excluding hydrogens is 398 g/mol. The summed E-state index contributed by atoms with van der Waals surface area (Å²) in [5.41, 5.74) is 1.68. The van der Waals surface area contributed by atoms with E-state index in [1.54, 1.807) is 24.6 Å². The van der Waals surface area contributed by atoms with Crippen LogP contribution >= 0.6 is 11.3 Å². The molecule has 0 radical (unpaired) electrons. The van der Waals surface area contributed by atoms with E-state index in [-0.39, 0.29) is 11.9 Å². The lowest BCUT2D eigenvalue weighted by molar-refractivity contribution is -0.917. The zero-order valence-electron chi connectivity index (χ0n) is 16.3. The molecule has 0 bridgehead atoms. The zero-order chi connectivity index (χ0) is 20.3. The van der Waals surface area contributed by atoms with Crippen molar-refractivity contribution in [1.82, 2.24) is 4.31 Å². The topological polar surface area (TPSA) is 80.2 Å². The number of aryl methyl sites for hydroxylation is 1. The minimum Gasteiger partial charge on any atom is -0.495 e. The predicted molar refractivity (Wildman–Crippen MR) is 110 cm³/mol. The summed E-state index contributed by atoms with van der Waals surface area (Å²) < 4.78 is 32.5. The molecule has 152 valence electrons. The Morgan fingerprint density at radius 2 is 2.00 bits per heavy atom. The Morgan fingerprint density at radius 1 is 1.29 bits per heavy atom. The fourth-order valence-electron chi connectivity index (χ4n) is 3.33. The Bertz CT molecular complexity index is 921. The van der Waals surface area contributed by atoms with E-state index in [9.17, 15) is 13.2 Å². The second-order valence-corrected chi connectivity index (χ2v) is 10.0. The van der Waals surface area contributed by atoms with E-state index in [1.807, 2.05) is 32.0 Å². The maximum Gasteiger partial charge on any atom is 0.282 e. The number of nitrogens with one attached hydrogen (secondary N) is 2. The number of nitrogens with zero attached hydrogens (tertiary/aromatic N) is 1. The molecule has 0 aliphatic carbocycles. The fourth-order valence-corrected chi connectivity index (χ4v) is 5.92. The second-order valence-electron chi connectivity index (χ2n) is 6.91. The molecular formula is C19H26N3O4S2+. The molecule has 7 nitrogen and oxygen atoms in total. The smallest absolute Gasteiger partial charge is 0.282 e. The standard InChI is InChI=1S/C19H25N3O4S2/c1-14-6-7-17(26-3)16(13-14)20-19(23)15(2)21-8-10-22(11-9-21)28(24,25)18-5-4-12-27-18/h4-7,12-13,15H,8-11H2,1-3H3,(H,20,23)/p+1/t15-/m1/s1. The number of anilines is 1. The Morgan fingerprint density at radius 3 is 2.61 bits per heavy atom. The van der Waals surface area contributed by atoms with E-state index in [2.05, 4.69) is 5.32 Å². The highest BCUT2D eigenvalue weighted by Gasteiger charge is 2.35. The number of rotatable bonds is 6. The van der Waals surface area contributed by atoms with Crippen LogP contribution in [0.3, 0.4) is 0 Å². The zero-order valence-corrected chi connectivity index (χ0v) is 17.9. The molecule has 0 spiro atoms. The quantitative estimate of drug-likeness (QED) is 0.725. The maximum atomic E-state index is 12.7. The number of quaternary nitrogens is 1. The van der Waals surface area contributed by atoms with Crippen LogP contribution < -0.4 is 15.0 Å². The van der Waals surface area contributed by atoms with Crippen molar-refractivity contribution in [2.75, 3.05) is 38.6 Å². The van der Waals surface area contributed by atoms with E-state index in [1.165, 1.54) is 15.6 Å². The Balaban J connectivity index is 1.61. The summed E-state index contributed by atoms with van der Waals surface area (Å²) in [5.74, 6) is 0.515. The summed E-state index contributed by atoms with van der Waals surface area (Å²) in [6.45, 7) is 5.81. The summed E-state index contributed by atoms with van der Waals surface area (Å²) >= 11 is 1.23. The normalized spacial score (nSPS) is 17.2. The molecule has 0 unspecified atom stereocenters. The molecule has 28 heavy (non-hydrogen) atoms. The van der Waals surface area contributed by atoms with Crippen LogP contribution in [-0.4, -0.2) is 58.0 Å². The number of carbonyl (C=O) groups excluding carboxylic acids is 1. The summed E-state index contributed by atoms with van der Waals surface area (Å²) in [4.78, 5) is 13.8. The number of sulfonamides is 1. The van der Waals surface area contributed by atoms with Crippen LogP contribution in [0.25, 0.3) is 0 Å². The highest BCUT2D eigenvalue weighted by atomic mass is 32.2. The number of ether oxygens (including phenoxy) is 1. The van der Waals surface area contributed by atoms with Gasteiger partial charge in [0.15, 0.2) is 6.04 Å². The third-order valence-electron chi connectivity index (χ3n) is 5.07. The molecule has 1 aromatic heterocycles. The number of carbonyl (C=O) groups is 1. The van der Waals surface area contributed by atoms with Crippen LogP contribution in [0.4, 0.5) is 5.69 Å². The molecule has 2 heterocycles. The average Bonchev–Trinajstić information content (AvgIpc) is 3.23. The molecule has 1 amide bonds. The Kier molecular flexibility index (Phi) is 6.39. The van der Waals surface area contributed by atoms with Crippen LogP contribution in [0.1, 0.15) is 12.5 Å². The van der Waals surface area contributed by atoms with Gasteiger partial charge in [-0.15, -0.1) is 11.3 Å². The van der Waals surface area contributed by atoms with Gasteiger partial charge in [-0.3, -0.25) is 4.79 Å². The van der Waals surface area contributed by atoms with Crippen LogP contribution in [0.5, 0.6) is 5.75 Å². The van der Waals surface area contributed by atoms with Crippen LogP contribution in [0.2, 0.25) is 0 Å². The van der Waals surface area contributed by atoms with Crippen molar-refractivity contribution >= 4 is 33.0 Å². The minimum atomic E-state index is -3.43. The first-order valence-corrected chi connectivity index (χ1v) is 11.5. The van der Waals surface area contributed by atoms with Gasteiger partial charge >= 0.3 is 0 Å². The highest BCUT2D eigenvalue weighted by Crippen LogP contribution is 2.25. The number of piperazine rings is 1. The molecule has 2 aromatic rings. The molecule has 1 aliphatic rings. The van der Waals surface area contributed by atoms with Gasteiger partial charge in [0.1, 0.15) is 9.96 Å². The molecule has 1 fully saturated rings. The molecule has 1 aliphatic heterocycles. The molecule has 2 N–H and O–H groups in total. The van der Waals surface area contributed by atoms with Crippen molar-refractivity contribution in [2.24, 2.45) is 0 Å². The number of amides is 1. The van der Waals surface area contributed by atoms with Crippen molar-refractivity contribution < 1.29 is 22.8 Å². The fraction of sp³-hybridized carbons (Fsp3) is 0.421. The number of hydrogen-bond donors (Lipinski definition) is 2. The molecule has 1 saturated heterocycles. The van der Waals surface area contributed by atoms with E-state index in [0.29, 0.717) is 41.8 Å². The monoisotopic (exact) mass is 424 g/mol. The summed E-state index contributed by atoms with van der Waals surface area (Å²) in [6.07, 6.45) is 0. The highest BCUT2D eigenvalue weighted by molar-refractivity contribution is 7.91. The number of methoxy groups -OCH3 is 1. The Labute approximate surface area is 170 Å². The third-order valence-corrected chi connectivity index (χ3v) is 8.34. The van der Waals surface area contributed by atoms with Crippen LogP contribution in [0, 0.1) is 6.92 Å². The summed E-state index contributed by atoms with van der Waals surface area (Å²) in [6, 6.07) is 8.71. The van der Waals surface area contributed by atoms with E-state index in [0.717, 1.165) is 10.5 Å². The second kappa shape index (κ2) is 8.60. The number of hydrogen-bond acceptors (Lipinski definition) is 5. The first-order valence-electron chi connectivity index (χ1n) is 9.16. The average molecular weight is 425 g/mol. The van der Waals surface area contributed by atoms with Crippen molar-refractivity contribution in [3.05, 3.63) is 41.3 Å². The minimum absolute atomic E-state index is 0.103. The molecule has 0 saturated carbocycles. The molecule has 3 rings (SSSR count). The van der Waals surface area contributed by atoms with Crippen molar-refractivity contribution in [2.45, 2.75) is 24.1 Å². The number of benzene rings is 1. The van der Waals surface area contributed by atoms with Gasteiger partial charge in [0.25, 0.3) is 15.9 Å². The lowest BCUT2D eigenvalue weighted by Gasteiger charge is -2.34. The number of thiophene rings is 1.